The zero-order chi connectivity index (χ0) is 6.91. The van der Waals surface area contributed by atoms with Gasteiger partial charge in [0.1, 0.15) is 0 Å². The molecule has 0 aliphatic carbocycles. The summed E-state index contributed by atoms with van der Waals surface area (Å²) >= 11 is 5.76. The quantitative estimate of drug-likeness (QED) is 0.442. The van der Waals surface area contributed by atoms with Gasteiger partial charge in [0.15, 0.2) is 0 Å². The molecule has 0 N–H and O–H groups in total. The molecule has 1 nitrogen and oxygen atoms in total. The third-order valence-corrected chi connectivity index (χ3v) is 1.93. The fourth-order valence-electron chi connectivity index (χ4n) is 0.772. The summed E-state index contributed by atoms with van der Waals surface area (Å²) in [6.07, 6.45) is 2.18. The zero-order valence-electron chi connectivity index (χ0n) is 5.98. The highest BCUT2D eigenvalue weighted by Crippen LogP contribution is 2.32. The van der Waals surface area contributed by atoms with E-state index in [2.05, 4.69) is 6.92 Å². The van der Waals surface area contributed by atoms with Gasteiger partial charge in [0.2, 0.25) is 0 Å². The van der Waals surface area contributed by atoms with Crippen LogP contribution >= 0.6 is 11.6 Å². The van der Waals surface area contributed by atoms with Crippen LogP contribution < -0.4 is 0 Å². The van der Waals surface area contributed by atoms with E-state index >= 15 is 0 Å². The molecule has 1 heterocycles. The van der Waals surface area contributed by atoms with Crippen LogP contribution in [0.15, 0.2) is 0 Å². The Kier molecular flexibility index (Phi) is 2.02. The van der Waals surface area contributed by atoms with Gasteiger partial charge in [0.25, 0.3) is 0 Å². The van der Waals surface area contributed by atoms with Crippen molar-refractivity contribution in [3.63, 3.8) is 0 Å². The van der Waals surface area contributed by atoms with Crippen LogP contribution in [0.2, 0.25) is 0 Å². The van der Waals surface area contributed by atoms with Crippen molar-refractivity contribution in [3.05, 3.63) is 0 Å². The lowest BCUT2D eigenvalue weighted by Gasteiger charge is -2.04. The van der Waals surface area contributed by atoms with Gasteiger partial charge in [0, 0.05) is 5.38 Å². The molecule has 2 atom stereocenters. The molecule has 0 aromatic heterocycles. The molecule has 1 saturated heterocycles. The SMILES string of the molecule is CC(Cl)CCC1(C)CO1. The summed E-state index contributed by atoms with van der Waals surface area (Å²) in [6.45, 7) is 5.08. The second-order valence-electron chi connectivity index (χ2n) is 3.06. The van der Waals surface area contributed by atoms with Crippen LogP contribution in [0.5, 0.6) is 0 Å². The number of epoxide rings is 1. The van der Waals surface area contributed by atoms with E-state index in [4.69, 9.17) is 16.3 Å². The maximum Gasteiger partial charge on any atom is 0.0889 e. The van der Waals surface area contributed by atoms with Gasteiger partial charge in [0.05, 0.1) is 12.2 Å². The van der Waals surface area contributed by atoms with Gasteiger partial charge in [-0.05, 0) is 26.7 Å². The largest absolute Gasteiger partial charge is 0.370 e. The molecule has 0 radical (unpaired) electrons. The minimum absolute atomic E-state index is 0.198. The second-order valence-corrected chi connectivity index (χ2v) is 3.80. The van der Waals surface area contributed by atoms with Gasteiger partial charge in [-0.3, -0.25) is 0 Å². The summed E-state index contributed by atoms with van der Waals surface area (Å²) < 4.78 is 5.19. The number of rotatable bonds is 3. The van der Waals surface area contributed by atoms with Crippen molar-refractivity contribution in [2.75, 3.05) is 6.61 Å². The second kappa shape index (κ2) is 2.47. The predicted octanol–water partition coefficient (Wildman–Crippen LogP) is 2.18. The van der Waals surface area contributed by atoms with Crippen molar-refractivity contribution in [2.24, 2.45) is 0 Å². The van der Waals surface area contributed by atoms with E-state index in [0.29, 0.717) is 5.38 Å². The van der Waals surface area contributed by atoms with Crippen molar-refractivity contribution in [2.45, 2.75) is 37.7 Å². The van der Waals surface area contributed by atoms with Gasteiger partial charge in [-0.2, -0.15) is 0 Å². The van der Waals surface area contributed by atoms with Crippen molar-refractivity contribution in [1.82, 2.24) is 0 Å². The van der Waals surface area contributed by atoms with E-state index in [-0.39, 0.29) is 5.60 Å². The first-order valence-corrected chi connectivity index (χ1v) is 3.84. The van der Waals surface area contributed by atoms with Gasteiger partial charge < -0.3 is 4.74 Å². The maximum atomic E-state index is 5.76. The highest BCUT2D eigenvalue weighted by atomic mass is 35.5. The molecule has 2 unspecified atom stereocenters. The first kappa shape index (κ1) is 7.36. The van der Waals surface area contributed by atoms with Gasteiger partial charge >= 0.3 is 0 Å². The molecular formula is C7H13ClO. The molecule has 2 heteroatoms. The van der Waals surface area contributed by atoms with Crippen LogP contribution in [-0.2, 0) is 4.74 Å². The van der Waals surface area contributed by atoms with E-state index in [0.717, 1.165) is 19.4 Å². The minimum atomic E-state index is 0.198. The lowest BCUT2D eigenvalue weighted by atomic mass is 10.1. The third-order valence-electron chi connectivity index (χ3n) is 1.71. The molecule has 1 rings (SSSR count). The third kappa shape index (κ3) is 2.55. The van der Waals surface area contributed by atoms with Crippen molar-refractivity contribution in [3.8, 4) is 0 Å². The van der Waals surface area contributed by atoms with Crippen LogP contribution in [-0.4, -0.2) is 17.6 Å². The smallest absolute Gasteiger partial charge is 0.0889 e. The van der Waals surface area contributed by atoms with Crippen LogP contribution in [0.3, 0.4) is 0 Å². The molecule has 1 fully saturated rings. The molecule has 54 valence electrons. The molecule has 0 bridgehead atoms. The first-order valence-electron chi connectivity index (χ1n) is 3.40. The highest BCUT2D eigenvalue weighted by Gasteiger charge is 2.38. The average Bonchev–Trinajstić information content (AvgIpc) is 2.45. The van der Waals surface area contributed by atoms with E-state index < -0.39 is 0 Å². The molecule has 0 aromatic carbocycles. The lowest BCUT2D eigenvalue weighted by Crippen LogP contribution is -2.06. The maximum absolute atomic E-state index is 5.76. The Hall–Kier alpha value is 0.250. The molecule has 0 saturated carbocycles. The molecule has 1 aliphatic heterocycles. The van der Waals surface area contributed by atoms with Crippen LogP contribution in [0.4, 0.5) is 0 Å². The van der Waals surface area contributed by atoms with E-state index in [1.807, 2.05) is 6.92 Å². The predicted molar refractivity (Wildman–Crippen MR) is 38.9 cm³/mol. The number of ether oxygens (including phenoxy) is 1. The summed E-state index contributed by atoms with van der Waals surface area (Å²) in [5, 5.41) is 0.297. The topological polar surface area (TPSA) is 12.5 Å². The Morgan fingerprint density at radius 1 is 1.78 bits per heavy atom. The van der Waals surface area contributed by atoms with E-state index in [1.165, 1.54) is 0 Å². The summed E-state index contributed by atoms with van der Waals surface area (Å²) in [5.74, 6) is 0. The lowest BCUT2D eigenvalue weighted by molar-refractivity contribution is 0.304. The summed E-state index contributed by atoms with van der Waals surface area (Å²) in [5.41, 5.74) is 0.198. The molecule has 9 heavy (non-hydrogen) atoms. The summed E-state index contributed by atoms with van der Waals surface area (Å²) in [6, 6.07) is 0. The van der Waals surface area contributed by atoms with Crippen LogP contribution in [0.25, 0.3) is 0 Å². The number of alkyl halides is 1. The Morgan fingerprint density at radius 3 is 2.67 bits per heavy atom. The van der Waals surface area contributed by atoms with Crippen molar-refractivity contribution >= 4 is 11.6 Å². The Morgan fingerprint density at radius 2 is 2.33 bits per heavy atom. The van der Waals surface area contributed by atoms with Crippen LogP contribution in [0, 0.1) is 0 Å². The zero-order valence-corrected chi connectivity index (χ0v) is 6.74. The average molecular weight is 149 g/mol. The molecule has 0 spiro atoms. The van der Waals surface area contributed by atoms with Crippen LogP contribution in [0.1, 0.15) is 26.7 Å². The normalized spacial score (nSPS) is 36.3. The summed E-state index contributed by atoms with van der Waals surface area (Å²) in [4.78, 5) is 0. The number of hydrogen-bond acceptors (Lipinski definition) is 1. The monoisotopic (exact) mass is 148 g/mol. The van der Waals surface area contributed by atoms with Crippen molar-refractivity contribution < 1.29 is 4.74 Å². The highest BCUT2D eigenvalue weighted by molar-refractivity contribution is 6.20. The molecule has 1 aliphatic rings. The van der Waals surface area contributed by atoms with Gasteiger partial charge in [-0.1, -0.05) is 0 Å². The Bertz CT molecular complexity index is 97.1. The van der Waals surface area contributed by atoms with Crippen molar-refractivity contribution in [1.29, 1.82) is 0 Å². The first-order chi connectivity index (χ1) is 4.12. The number of halogens is 1. The fourth-order valence-corrected chi connectivity index (χ4v) is 0.881. The van der Waals surface area contributed by atoms with Gasteiger partial charge in [-0.25, -0.2) is 0 Å². The van der Waals surface area contributed by atoms with Gasteiger partial charge in [-0.15, -0.1) is 11.6 Å². The Labute approximate surface area is 61.3 Å². The number of hydrogen-bond donors (Lipinski definition) is 0. The molecule has 0 aromatic rings. The van der Waals surface area contributed by atoms with E-state index in [1.54, 1.807) is 0 Å². The summed E-state index contributed by atoms with van der Waals surface area (Å²) in [7, 11) is 0. The molecule has 0 amide bonds. The fraction of sp³-hybridized carbons (Fsp3) is 1.00. The molecular weight excluding hydrogens is 136 g/mol. The standard InChI is InChI=1S/C7H13ClO/c1-6(8)3-4-7(2)5-9-7/h6H,3-5H2,1-2H3. The minimum Gasteiger partial charge on any atom is -0.370 e. The Balaban J connectivity index is 2.05. The van der Waals surface area contributed by atoms with E-state index in [9.17, 15) is 0 Å².